The summed E-state index contributed by atoms with van der Waals surface area (Å²) in [7, 11) is 0. The molecule has 184 valence electrons. The van der Waals surface area contributed by atoms with Crippen LogP contribution in [0.15, 0.2) is 51.4 Å². The molecular formula is C27H34Br2N2O3. The monoisotopic (exact) mass is 592 g/mol. The average molecular weight is 594 g/mol. The fourth-order valence-corrected chi connectivity index (χ4v) is 5.05. The second-order valence-electron chi connectivity index (χ2n) is 10.0. The van der Waals surface area contributed by atoms with Crippen LogP contribution in [0.25, 0.3) is 0 Å². The number of nitrogens with one attached hydrogen (secondary N) is 1. The molecule has 2 amide bonds. The van der Waals surface area contributed by atoms with Gasteiger partial charge >= 0.3 is 0 Å². The maximum absolute atomic E-state index is 13.3. The van der Waals surface area contributed by atoms with Crippen molar-refractivity contribution in [1.29, 1.82) is 0 Å². The molecule has 0 aromatic heterocycles. The summed E-state index contributed by atoms with van der Waals surface area (Å²) < 4.78 is 7.63. The van der Waals surface area contributed by atoms with Crippen LogP contribution in [0.1, 0.15) is 64.5 Å². The van der Waals surface area contributed by atoms with E-state index in [1.165, 1.54) is 5.56 Å². The molecule has 0 radical (unpaired) electrons. The Hall–Kier alpha value is -1.86. The molecule has 1 N–H and O–H groups in total. The summed E-state index contributed by atoms with van der Waals surface area (Å²) >= 11 is 7.06. The lowest BCUT2D eigenvalue weighted by atomic mass is 9.87. The minimum atomic E-state index is -0.609. The van der Waals surface area contributed by atoms with E-state index < -0.39 is 6.04 Å². The van der Waals surface area contributed by atoms with Crippen LogP contribution in [0.3, 0.4) is 0 Å². The van der Waals surface area contributed by atoms with Crippen LogP contribution >= 0.6 is 31.9 Å². The number of hydrogen-bond acceptors (Lipinski definition) is 3. The first kappa shape index (κ1) is 26.7. The molecule has 7 heteroatoms. The number of rotatable bonds is 8. The molecule has 1 atom stereocenters. The Bertz CT molecular complexity index is 1010. The van der Waals surface area contributed by atoms with Gasteiger partial charge in [-0.15, -0.1) is 0 Å². The highest BCUT2D eigenvalue weighted by Crippen LogP contribution is 2.31. The number of benzene rings is 2. The molecule has 0 bridgehead atoms. The van der Waals surface area contributed by atoms with Gasteiger partial charge in [0, 0.05) is 17.1 Å². The van der Waals surface area contributed by atoms with Gasteiger partial charge in [-0.05, 0) is 76.5 Å². The standard InChI is InChI=1S/C27H34Br2N2O3/c1-18(26(33)30-22-10-5-6-11-22)31(16-19-8-7-9-21(28)14-19)25(32)17-34-24-13-12-20(15-23(24)29)27(2,3)4/h7-9,12-15,18,22H,5-6,10-11,16-17H2,1-4H3,(H,30,33). The molecule has 0 spiro atoms. The second-order valence-corrected chi connectivity index (χ2v) is 11.8. The van der Waals surface area contributed by atoms with Gasteiger partial charge in [-0.1, -0.05) is 67.7 Å². The van der Waals surface area contributed by atoms with Gasteiger partial charge in [-0.2, -0.15) is 0 Å². The summed E-state index contributed by atoms with van der Waals surface area (Å²) in [4.78, 5) is 27.9. The molecule has 1 fully saturated rings. The fraction of sp³-hybridized carbons (Fsp3) is 0.481. The zero-order chi connectivity index (χ0) is 24.9. The lowest BCUT2D eigenvalue weighted by Crippen LogP contribution is -2.50. The Morgan fingerprint density at radius 1 is 1.12 bits per heavy atom. The third-order valence-corrected chi connectivity index (χ3v) is 7.37. The van der Waals surface area contributed by atoms with Crippen molar-refractivity contribution in [2.45, 2.75) is 77.4 Å². The number of halogens is 2. The summed E-state index contributed by atoms with van der Waals surface area (Å²) in [5, 5.41) is 3.12. The van der Waals surface area contributed by atoms with Crippen LogP contribution < -0.4 is 10.1 Å². The van der Waals surface area contributed by atoms with Gasteiger partial charge in [-0.25, -0.2) is 0 Å². The highest BCUT2D eigenvalue weighted by molar-refractivity contribution is 9.10. The van der Waals surface area contributed by atoms with E-state index in [4.69, 9.17) is 4.74 Å². The van der Waals surface area contributed by atoms with E-state index in [-0.39, 0.29) is 29.9 Å². The Morgan fingerprint density at radius 3 is 2.44 bits per heavy atom. The van der Waals surface area contributed by atoms with E-state index in [0.29, 0.717) is 12.3 Å². The van der Waals surface area contributed by atoms with Crippen molar-refractivity contribution in [2.24, 2.45) is 0 Å². The number of amides is 2. The van der Waals surface area contributed by atoms with Crippen molar-refractivity contribution < 1.29 is 14.3 Å². The largest absolute Gasteiger partial charge is 0.483 e. The van der Waals surface area contributed by atoms with Crippen molar-refractivity contribution in [3.05, 3.63) is 62.5 Å². The molecule has 1 unspecified atom stereocenters. The Morgan fingerprint density at radius 2 is 1.82 bits per heavy atom. The van der Waals surface area contributed by atoms with Gasteiger partial charge in [0.1, 0.15) is 11.8 Å². The number of hydrogen-bond donors (Lipinski definition) is 1. The minimum Gasteiger partial charge on any atom is -0.483 e. The maximum atomic E-state index is 13.3. The number of carbonyl (C=O) groups excluding carboxylic acids is 2. The summed E-state index contributed by atoms with van der Waals surface area (Å²) in [5.74, 6) is 0.249. The first-order valence-electron chi connectivity index (χ1n) is 11.8. The third-order valence-electron chi connectivity index (χ3n) is 6.26. The summed E-state index contributed by atoms with van der Waals surface area (Å²) in [6.07, 6.45) is 4.27. The lowest BCUT2D eigenvalue weighted by molar-refractivity contribution is -0.142. The van der Waals surface area contributed by atoms with Crippen molar-refractivity contribution >= 4 is 43.7 Å². The van der Waals surface area contributed by atoms with Crippen LogP contribution in [-0.2, 0) is 21.5 Å². The van der Waals surface area contributed by atoms with E-state index >= 15 is 0 Å². The first-order chi connectivity index (χ1) is 16.0. The van der Waals surface area contributed by atoms with E-state index in [1.807, 2.05) is 42.5 Å². The van der Waals surface area contributed by atoms with Gasteiger partial charge in [0.15, 0.2) is 6.61 Å². The summed E-state index contributed by atoms with van der Waals surface area (Å²) in [5.41, 5.74) is 2.13. The van der Waals surface area contributed by atoms with E-state index in [9.17, 15) is 9.59 Å². The van der Waals surface area contributed by atoms with Crippen molar-refractivity contribution in [3.8, 4) is 5.75 Å². The Kier molecular flexibility index (Phi) is 9.21. The minimum absolute atomic E-state index is 0.0136. The van der Waals surface area contributed by atoms with Crippen LogP contribution in [-0.4, -0.2) is 35.4 Å². The van der Waals surface area contributed by atoms with E-state index in [2.05, 4.69) is 57.9 Å². The molecule has 34 heavy (non-hydrogen) atoms. The number of ether oxygens (including phenoxy) is 1. The molecule has 0 aliphatic heterocycles. The summed E-state index contributed by atoms with van der Waals surface area (Å²) in [6.45, 7) is 8.41. The molecule has 0 saturated heterocycles. The van der Waals surface area contributed by atoms with E-state index in [0.717, 1.165) is 40.2 Å². The zero-order valence-corrected chi connectivity index (χ0v) is 23.5. The van der Waals surface area contributed by atoms with Gasteiger partial charge < -0.3 is 15.0 Å². The van der Waals surface area contributed by atoms with Crippen molar-refractivity contribution in [3.63, 3.8) is 0 Å². The van der Waals surface area contributed by atoms with Crippen LogP contribution in [0, 0.1) is 0 Å². The van der Waals surface area contributed by atoms with Crippen molar-refractivity contribution in [1.82, 2.24) is 10.2 Å². The summed E-state index contributed by atoms with van der Waals surface area (Å²) in [6, 6.07) is 13.3. The topological polar surface area (TPSA) is 58.6 Å². The van der Waals surface area contributed by atoms with Gasteiger partial charge in [-0.3, -0.25) is 9.59 Å². The third kappa shape index (κ3) is 7.32. The van der Waals surface area contributed by atoms with Gasteiger partial charge in [0.25, 0.3) is 5.91 Å². The quantitative estimate of drug-likeness (QED) is 0.387. The van der Waals surface area contributed by atoms with Crippen LogP contribution in [0.4, 0.5) is 0 Å². The normalized spacial score (nSPS) is 15.1. The molecule has 2 aromatic carbocycles. The average Bonchev–Trinajstić information content (AvgIpc) is 3.28. The number of carbonyl (C=O) groups is 2. The Labute approximate surface area is 219 Å². The molecule has 0 heterocycles. The van der Waals surface area contributed by atoms with E-state index in [1.54, 1.807) is 11.8 Å². The number of nitrogens with zero attached hydrogens (tertiary/aromatic N) is 1. The molecule has 2 aromatic rings. The lowest BCUT2D eigenvalue weighted by Gasteiger charge is -2.30. The Balaban J connectivity index is 1.73. The first-order valence-corrected chi connectivity index (χ1v) is 13.4. The maximum Gasteiger partial charge on any atom is 0.261 e. The highest BCUT2D eigenvalue weighted by Gasteiger charge is 2.29. The van der Waals surface area contributed by atoms with Crippen molar-refractivity contribution in [2.75, 3.05) is 6.61 Å². The molecule has 3 rings (SSSR count). The highest BCUT2D eigenvalue weighted by atomic mass is 79.9. The smallest absolute Gasteiger partial charge is 0.261 e. The van der Waals surface area contributed by atoms with Gasteiger partial charge in [0.05, 0.1) is 4.47 Å². The van der Waals surface area contributed by atoms with Crippen LogP contribution in [0.5, 0.6) is 5.75 Å². The predicted octanol–water partition coefficient (Wildman–Crippen LogP) is 6.36. The second kappa shape index (κ2) is 11.7. The molecular weight excluding hydrogens is 560 g/mol. The SMILES string of the molecule is CC(C(=O)NC1CCCC1)N(Cc1cccc(Br)c1)C(=O)COc1ccc(C(C)(C)C)cc1Br. The molecule has 5 nitrogen and oxygen atoms in total. The van der Waals surface area contributed by atoms with Crippen LogP contribution in [0.2, 0.25) is 0 Å². The molecule has 1 aliphatic rings. The van der Waals surface area contributed by atoms with Gasteiger partial charge in [0.2, 0.25) is 5.91 Å². The predicted molar refractivity (Wildman–Crippen MR) is 143 cm³/mol. The molecule has 1 aliphatic carbocycles. The molecule has 1 saturated carbocycles. The zero-order valence-electron chi connectivity index (χ0n) is 20.4. The fourth-order valence-electron chi connectivity index (χ4n) is 4.11.